The lowest BCUT2D eigenvalue weighted by Crippen LogP contribution is -2.42. The minimum Gasteiger partial charge on any atom is -0.364 e. The summed E-state index contributed by atoms with van der Waals surface area (Å²) in [5, 5.41) is 0.0519. The molecule has 0 aliphatic carbocycles. The summed E-state index contributed by atoms with van der Waals surface area (Å²) in [7, 11) is -4.62. The molecule has 14 heavy (non-hydrogen) atoms. The topological polar surface area (TPSA) is 9.23 Å². The number of halogens is 2. The molecule has 78 valence electrons. The van der Waals surface area contributed by atoms with Gasteiger partial charge < -0.3 is 4.43 Å². The van der Waals surface area contributed by atoms with Crippen molar-refractivity contribution in [3.63, 3.8) is 0 Å². The molecule has 0 spiro atoms. The van der Waals surface area contributed by atoms with Gasteiger partial charge in [0, 0.05) is 11.8 Å². The van der Waals surface area contributed by atoms with Gasteiger partial charge in [-0.1, -0.05) is 43.7 Å². The van der Waals surface area contributed by atoms with Gasteiger partial charge in [-0.2, -0.15) is 0 Å². The van der Waals surface area contributed by atoms with Crippen LogP contribution in [0, 0.1) is 0 Å². The Balaban J connectivity index is 2.56. The van der Waals surface area contributed by atoms with Crippen molar-refractivity contribution in [2.45, 2.75) is 19.8 Å². The van der Waals surface area contributed by atoms with Crippen molar-refractivity contribution in [2.75, 3.05) is 6.61 Å². The molecule has 0 fully saturated rings. The van der Waals surface area contributed by atoms with Crippen LogP contribution in [0.5, 0.6) is 0 Å². The number of hydrogen-bond donors (Lipinski definition) is 0. The average Bonchev–Trinajstić information content (AvgIpc) is 2.19. The zero-order chi connectivity index (χ0) is 10.4. The van der Waals surface area contributed by atoms with E-state index in [1.165, 1.54) is 12.1 Å². The molecule has 0 aromatic heterocycles. The largest absolute Gasteiger partial charge is 0.614 e. The van der Waals surface area contributed by atoms with E-state index in [0.29, 0.717) is 6.42 Å². The minimum absolute atomic E-state index is 0.0519. The maximum atomic E-state index is 13.4. The molecule has 0 saturated carbocycles. The van der Waals surface area contributed by atoms with Gasteiger partial charge in [0.05, 0.1) is 0 Å². The Morgan fingerprint density at radius 3 is 2.43 bits per heavy atom. The molecule has 4 heteroatoms. The van der Waals surface area contributed by atoms with Gasteiger partial charge in [0.2, 0.25) is 0 Å². The number of benzene rings is 1. The lowest BCUT2D eigenvalue weighted by Gasteiger charge is -2.12. The molecule has 0 N–H and O–H groups in total. The third-order valence-corrected chi connectivity index (χ3v) is 3.46. The van der Waals surface area contributed by atoms with Crippen LogP contribution in [0.2, 0.25) is 0 Å². The second-order valence-electron chi connectivity index (χ2n) is 3.08. The van der Waals surface area contributed by atoms with Crippen molar-refractivity contribution in [2.24, 2.45) is 0 Å². The number of rotatable bonds is 5. The Morgan fingerprint density at radius 1 is 1.21 bits per heavy atom. The molecule has 1 aromatic carbocycles. The van der Waals surface area contributed by atoms with Crippen LogP contribution in [0.4, 0.5) is 8.22 Å². The molecule has 1 nitrogen and oxygen atoms in total. The highest BCUT2D eigenvalue weighted by Gasteiger charge is 2.40. The van der Waals surface area contributed by atoms with Gasteiger partial charge in [-0.25, -0.2) is 8.22 Å². The van der Waals surface area contributed by atoms with Gasteiger partial charge >= 0.3 is 8.99 Å². The minimum atomic E-state index is -4.62. The highest BCUT2D eigenvalue weighted by Crippen LogP contribution is 2.10. The molecule has 1 rings (SSSR count). The molecule has 0 aliphatic heterocycles. The predicted octanol–water partition coefficient (Wildman–Crippen LogP) is 2.59. The second kappa shape index (κ2) is 5.22. The van der Waals surface area contributed by atoms with E-state index in [0.717, 1.165) is 6.42 Å². The molecule has 0 aliphatic rings. The van der Waals surface area contributed by atoms with Gasteiger partial charge in [0.25, 0.3) is 0 Å². The molecular formula is C10H14F2OSi. The Labute approximate surface area is 84.2 Å². The zero-order valence-electron chi connectivity index (χ0n) is 8.17. The van der Waals surface area contributed by atoms with Crippen molar-refractivity contribution in [1.82, 2.24) is 0 Å². The number of hydrogen-bond acceptors (Lipinski definition) is 1. The van der Waals surface area contributed by atoms with Crippen LogP contribution < -0.4 is 5.19 Å². The van der Waals surface area contributed by atoms with E-state index >= 15 is 0 Å². The molecular weight excluding hydrogens is 202 g/mol. The zero-order valence-corrected chi connectivity index (χ0v) is 9.17. The summed E-state index contributed by atoms with van der Waals surface area (Å²) >= 11 is 0. The van der Waals surface area contributed by atoms with Crippen molar-refractivity contribution >= 4 is 14.2 Å². The number of unbranched alkanes of at least 4 members (excludes halogenated alkanes) is 1. The molecule has 0 saturated heterocycles. The van der Waals surface area contributed by atoms with Crippen molar-refractivity contribution in [3.8, 4) is 0 Å². The Hall–Kier alpha value is -0.743. The van der Waals surface area contributed by atoms with E-state index in [1.54, 1.807) is 18.2 Å². The Kier molecular flexibility index (Phi) is 4.22. The first-order valence-electron chi connectivity index (χ1n) is 4.74. The average molecular weight is 216 g/mol. The smallest absolute Gasteiger partial charge is 0.364 e. The van der Waals surface area contributed by atoms with Gasteiger partial charge in [-0.15, -0.1) is 0 Å². The molecule has 0 atom stereocenters. The second-order valence-corrected chi connectivity index (χ2v) is 4.98. The molecule has 0 amide bonds. The summed E-state index contributed by atoms with van der Waals surface area (Å²) in [4.78, 5) is 0. The summed E-state index contributed by atoms with van der Waals surface area (Å²) in [6.07, 6.45) is 1.56. The van der Waals surface area contributed by atoms with Gasteiger partial charge in [-0.05, 0) is 6.42 Å². The molecule has 0 heterocycles. The van der Waals surface area contributed by atoms with Crippen molar-refractivity contribution < 1.29 is 12.6 Å². The van der Waals surface area contributed by atoms with Crippen molar-refractivity contribution in [3.05, 3.63) is 30.3 Å². The van der Waals surface area contributed by atoms with Gasteiger partial charge in [-0.3, -0.25) is 0 Å². The fourth-order valence-corrected chi connectivity index (χ4v) is 2.21. The third-order valence-electron chi connectivity index (χ3n) is 1.89. The van der Waals surface area contributed by atoms with Crippen LogP contribution in [0.25, 0.3) is 0 Å². The van der Waals surface area contributed by atoms with E-state index in [4.69, 9.17) is 0 Å². The lowest BCUT2D eigenvalue weighted by atomic mass is 10.4. The first-order valence-corrected chi connectivity index (χ1v) is 6.40. The Bertz CT molecular complexity index is 264. The first kappa shape index (κ1) is 11.3. The normalized spacial score (nSPS) is 11.6. The quantitative estimate of drug-likeness (QED) is 0.417. The van der Waals surface area contributed by atoms with E-state index in [-0.39, 0.29) is 11.8 Å². The fourth-order valence-electron chi connectivity index (χ4n) is 1.06. The van der Waals surface area contributed by atoms with Crippen LogP contribution >= 0.6 is 0 Å². The van der Waals surface area contributed by atoms with E-state index < -0.39 is 8.99 Å². The maximum absolute atomic E-state index is 13.4. The van der Waals surface area contributed by atoms with E-state index in [9.17, 15) is 8.22 Å². The first-order chi connectivity index (χ1) is 6.67. The summed E-state index contributed by atoms with van der Waals surface area (Å²) in [6, 6.07) is 7.80. The van der Waals surface area contributed by atoms with E-state index in [1.807, 2.05) is 6.92 Å². The summed E-state index contributed by atoms with van der Waals surface area (Å²) < 4.78 is 31.5. The predicted molar refractivity (Wildman–Crippen MR) is 54.9 cm³/mol. The van der Waals surface area contributed by atoms with Gasteiger partial charge in [0.1, 0.15) is 0 Å². The van der Waals surface area contributed by atoms with Crippen LogP contribution in [0.15, 0.2) is 30.3 Å². The highest BCUT2D eigenvalue weighted by atomic mass is 28.4. The summed E-state index contributed by atoms with van der Waals surface area (Å²) in [6.45, 7) is 2.11. The van der Waals surface area contributed by atoms with Crippen LogP contribution in [-0.2, 0) is 4.43 Å². The SMILES string of the molecule is CCCCO[Si](F)(F)c1ccccc1. The summed E-state index contributed by atoms with van der Waals surface area (Å²) in [5.74, 6) is 0. The molecule has 0 radical (unpaired) electrons. The lowest BCUT2D eigenvalue weighted by molar-refractivity contribution is 0.232. The highest BCUT2D eigenvalue weighted by molar-refractivity contribution is 6.74. The van der Waals surface area contributed by atoms with Crippen molar-refractivity contribution in [1.29, 1.82) is 0 Å². The third kappa shape index (κ3) is 3.19. The fraction of sp³-hybridized carbons (Fsp3) is 0.400. The Morgan fingerprint density at radius 2 is 1.86 bits per heavy atom. The molecule has 0 bridgehead atoms. The van der Waals surface area contributed by atoms with E-state index in [2.05, 4.69) is 4.43 Å². The summed E-state index contributed by atoms with van der Waals surface area (Å²) in [5.41, 5.74) is 0. The molecule has 0 unspecified atom stereocenters. The van der Waals surface area contributed by atoms with Crippen LogP contribution in [-0.4, -0.2) is 15.6 Å². The monoisotopic (exact) mass is 216 g/mol. The standard InChI is InChI=1S/C10H14F2OSi/c1-2-3-9-13-14(11,12)10-7-5-4-6-8-10/h4-8H,2-3,9H2,1H3. The van der Waals surface area contributed by atoms with Gasteiger partial charge in [0.15, 0.2) is 0 Å². The molecule has 1 aromatic rings. The van der Waals surface area contributed by atoms with Crippen LogP contribution in [0.3, 0.4) is 0 Å². The maximum Gasteiger partial charge on any atom is 0.614 e. The van der Waals surface area contributed by atoms with Crippen LogP contribution in [0.1, 0.15) is 19.8 Å².